The van der Waals surface area contributed by atoms with E-state index in [1.807, 2.05) is 19.9 Å². The van der Waals surface area contributed by atoms with Crippen LogP contribution in [0.3, 0.4) is 0 Å². The Labute approximate surface area is 146 Å². The van der Waals surface area contributed by atoms with Crippen molar-refractivity contribution in [1.82, 2.24) is 5.32 Å². The number of amides is 2. The lowest BCUT2D eigenvalue weighted by atomic mass is 10.1. The number of rotatable bonds is 5. The van der Waals surface area contributed by atoms with Gasteiger partial charge in [0.05, 0.1) is 24.4 Å². The standard InChI is InChI=1S/C18H19ClN2O3/c1-11-7-12(2)17(15(19)8-11)21-16(22)10-20-18(23)13-5-4-6-14(9-13)24-3/h4-9H,10H2,1-3H3,(H,20,23)(H,21,22). The minimum atomic E-state index is -0.351. The van der Waals surface area contributed by atoms with Crippen LogP contribution in [0.4, 0.5) is 5.69 Å². The molecular weight excluding hydrogens is 328 g/mol. The van der Waals surface area contributed by atoms with Gasteiger partial charge in [0.15, 0.2) is 0 Å². The Bertz CT molecular complexity index is 752. The van der Waals surface area contributed by atoms with Crippen molar-refractivity contribution in [2.75, 3.05) is 19.0 Å². The molecule has 0 fully saturated rings. The molecule has 0 spiro atoms. The van der Waals surface area contributed by atoms with Gasteiger partial charge in [-0.15, -0.1) is 0 Å². The van der Waals surface area contributed by atoms with Crippen LogP contribution in [0, 0.1) is 13.8 Å². The van der Waals surface area contributed by atoms with E-state index in [0.29, 0.717) is 22.0 Å². The Morgan fingerprint density at radius 1 is 1.17 bits per heavy atom. The van der Waals surface area contributed by atoms with Gasteiger partial charge in [0, 0.05) is 5.56 Å². The van der Waals surface area contributed by atoms with Gasteiger partial charge < -0.3 is 15.4 Å². The summed E-state index contributed by atoms with van der Waals surface area (Å²) >= 11 is 6.15. The summed E-state index contributed by atoms with van der Waals surface area (Å²) in [6, 6.07) is 10.4. The number of benzene rings is 2. The molecule has 0 bridgehead atoms. The lowest BCUT2D eigenvalue weighted by Crippen LogP contribution is -2.33. The van der Waals surface area contributed by atoms with E-state index in [1.54, 1.807) is 30.3 Å². The van der Waals surface area contributed by atoms with E-state index in [4.69, 9.17) is 16.3 Å². The zero-order valence-electron chi connectivity index (χ0n) is 13.8. The molecule has 0 atom stereocenters. The van der Waals surface area contributed by atoms with Crippen LogP contribution in [0.1, 0.15) is 21.5 Å². The van der Waals surface area contributed by atoms with Crippen LogP contribution in [0.15, 0.2) is 36.4 Å². The summed E-state index contributed by atoms with van der Waals surface area (Å²) in [5.41, 5.74) is 2.86. The van der Waals surface area contributed by atoms with Crippen LogP contribution in [0.5, 0.6) is 5.75 Å². The van der Waals surface area contributed by atoms with E-state index in [0.717, 1.165) is 11.1 Å². The highest BCUT2D eigenvalue weighted by Gasteiger charge is 2.12. The molecule has 0 aliphatic rings. The van der Waals surface area contributed by atoms with E-state index in [2.05, 4.69) is 10.6 Å². The van der Waals surface area contributed by atoms with Crippen LogP contribution < -0.4 is 15.4 Å². The number of hydrogen-bond acceptors (Lipinski definition) is 3. The lowest BCUT2D eigenvalue weighted by Gasteiger charge is -2.12. The normalized spacial score (nSPS) is 10.2. The zero-order chi connectivity index (χ0) is 17.7. The maximum Gasteiger partial charge on any atom is 0.251 e. The molecular formula is C18H19ClN2O3. The molecule has 126 valence electrons. The number of hydrogen-bond donors (Lipinski definition) is 2. The van der Waals surface area contributed by atoms with E-state index >= 15 is 0 Å². The predicted molar refractivity (Wildman–Crippen MR) is 94.9 cm³/mol. The van der Waals surface area contributed by atoms with Crippen LogP contribution >= 0.6 is 11.6 Å². The lowest BCUT2D eigenvalue weighted by molar-refractivity contribution is -0.115. The van der Waals surface area contributed by atoms with Crippen molar-refractivity contribution in [2.24, 2.45) is 0 Å². The highest BCUT2D eigenvalue weighted by atomic mass is 35.5. The molecule has 0 aromatic heterocycles. The summed E-state index contributed by atoms with van der Waals surface area (Å²) in [7, 11) is 1.53. The highest BCUT2D eigenvalue weighted by molar-refractivity contribution is 6.34. The molecule has 2 N–H and O–H groups in total. The van der Waals surface area contributed by atoms with Crippen molar-refractivity contribution in [1.29, 1.82) is 0 Å². The fourth-order valence-corrected chi connectivity index (χ4v) is 2.65. The van der Waals surface area contributed by atoms with Gasteiger partial charge in [-0.25, -0.2) is 0 Å². The molecule has 2 aromatic rings. The maximum absolute atomic E-state index is 12.1. The summed E-state index contributed by atoms with van der Waals surface area (Å²) in [6.45, 7) is 3.64. The van der Waals surface area contributed by atoms with Crippen molar-refractivity contribution in [3.05, 3.63) is 58.1 Å². The third kappa shape index (κ3) is 4.49. The maximum atomic E-state index is 12.1. The molecule has 0 aliphatic heterocycles. The smallest absolute Gasteiger partial charge is 0.251 e. The molecule has 2 rings (SSSR count). The second-order valence-corrected chi connectivity index (χ2v) is 5.81. The Hall–Kier alpha value is -2.53. The third-order valence-electron chi connectivity index (χ3n) is 3.44. The zero-order valence-corrected chi connectivity index (χ0v) is 14.5. The van der Waals surface area contributed by atoms with Crippen molar-refractivity contribution in [2.45, 2.75) is 13.8 Å². The van der Waals surface area contributed by atoms with Crippen LogP contribution in [-0.4, -0.2) is 25.5 Å². The average molecular weight is 347 g/mol. The SMILES string of the molecule is COc1cccc(C(=O)NCC(=O)Nc2c(C)cc(C)cc2Cl)c1. The number of halogens is 1. The van der Waals surface area contributed by atoms with Crippen LogP contribution in [0.2, 0.25) is 5.02 Å². The Morgan fingerprint density at radius 2 is 1.92 bits per heavy atom. The average Bonchev–Trinajstić information content (AvgIpc) is 2.56. The second kappa shape index (κ2) is 7.84. The predicted octanol–water partition coefficient (Wildman–Crippen LogP) is 3.33. The topological polar surface area (TPSA) is 67.4 Å². The summed E-state index contributed by atoms with van der Waals surface area (Å²) in [6.07, 6.45) is 0. The largest absolute Gasteiger partial charge is 0.497 e. The van der Waals surface area contributed by atoms with Crippen LogP contribution in [0.25, 0.3) is 0 Å². The van der Waals surface area contributed by atoms with Crippen molar-refractivity contribution < 1.29 is 14.3 Å². The first-order chi connectivity index (χ1) is 11.4. The fourth-order valence-electron chi connectivity index (χ4n) is 2.28. The number of anilines is 1. The van der Waals surface area contributed by atoms with Gasteiger partial charge in [0.2, 0.25) is 5.91 Å². The first-order valence-corrected chi connectivity index (χ1v) is 7.77. The molecule has 0 aliphatic carbocycles. The molecule has 0 saturated carbocycles. The molecule has 0 heterocycles. The number of aryl methyl sites for hydroxylation is 2. The number of carbonyl (C=O) groups is 2. The summed E-state index contributed by atoms with van der Waals surface area (Å²) in [5.74, 6) is -0.120. The molecule has 5 nitrogen and oxygen atoms in total. The highest BCUT2D eigenvalue weighted by Crippen LogP contribution is 2.27. The van der Waals surface area contributed by atoms with Crippen molar-refractivity contribution >= 4 is 29.1 Å². The van der Waals surface area contributed by atoms with Crippen molar-refractivity contribution in [3.8, 4) is 5.75 Å². The Balaban J connectivity index is 1.97. The van der Waals surface area contributed by atoms with E-state index < -0.39 is 0 Å². The van der Waals surface area contributed by atoms with Gasteiger partial charge in [-0.3, -0.25) is 9.59 Å². The molecule has 2 amide bonds. The second-order valence-electron chi connectivity index (χ2n) is 5.40. The summed E-state index contributed by atoms with van der Waals surface area (Å²) in [5, 5.41) is 5.77. The number of carbonyl (C=O) groups excluding carboxylic acids is 2. The first-order valence-electron chi connectivity index (χ1n) is 7.39. The Morgan fingerprint density at radius 3 is 2.58 bits per heavy atom. The third-order valence-corrected chi connectivity index (χ3v) is 3.74. The molecule has 0 unspecified atom stereocenters. The molecule has 0 saturated heterocycles. The molecule has 6 heteroatoms. The summed E-state index contributed by atoms with van der Waals surface area (Å²) in [4.78, 5) is 24.1. The molecule has 2 aromatic carbocycles. The Kier molecular flexibility index (Phi) is 5.82. The first kappa shape index (κ1) is 17.8. The molecule has 24 heavy (non-hydrogen) atoms. The van der Waals surface area contributed by atoms with Gasteiger partial charge in [-0.05, 0) is 49.2 Å². The molecule has 0 radical (unpaired) electrons. The number of nitrogens with one attached hydrogen (secondary N) is 2. The number of methoxy groups -OCH3 is 1. The van der Waals surface area contributed by atoms with Crippen molar-refractivity contribution in [3.63, 3.8) is 0 Å². The van der Waals surface area contributed by atoms with Gasteiger partial charge in [0.1, 0.15) is 5.75 Å². The van der Waals surface area contributed by atoms with E-state index in [-0.39, 0.29) is 18.4 Å². The van der Waals surface area contributed by atoms with Crippen LogP contribution in [-0.2, 0) is 4.79 Å². The van der Waals surface area contributed by atoms with Gasteiger partial charge >= 0.3 is 0 Å². The van der Waals surface area contributed by atoms with E-state index in [1.165, 1.54) is 7.11 Å². The number of ether oxygens (including phenoxy) is 1. The minimum Gasteiger partial charge on any atom is -0.497 e. The van der Waals surface area contributed by atoms with Gasteiger partial charge in [-0.1, -0.05) is 23.7 Å². The quantitative estimate of drug-likeness (QED) is 0.872. The summed E-state index contributed by atoms with van der Waals surface area (Å²) < 4.78 is 5.07. The minimum absolute atomic E-state index is 0.153. The van der Waals surface area contributed by atoms with Gasteiger partial charge in [-0.2, -0.15) is 0 Å². The van der Waals surface area contributed by atoms with E-state index in [9.17, 15) is 9.59 Å². The van der Waals surface area contributed by atoms with Gasteiger partial charge in [0.25, 0.3) is 5.91 Å². The fraction of sp³-hybridized carbons (Fsp3) is 0.222. The monoisotopic (exact) mass is 346 g/mol.